The first-order chi connectivity index (χ1) is 14.3. The minimum absolute atomic E-state index is 0.0986. The number of carbonyl (C=O) groups is 1. The molecule has 0 spiro atoms. The van der Waals surface area contributed by atoms with Crippen LogP contribution in [0.15, 0.2) is 35.9 Å². The normalized spacial score (nSPS) is 20.4. The van der Waals surface area contributed by atoms with Gasteiger partial charge in [-0.1, -0.05) is 11.6 Å². The molecule has 4 rings (SSSR count). The lowest BCUT2D eigenvalue weighted by Gasteiger charge is -2.36. The van der Waals surface area contributed by atoms with Crippen molar-refractivity contribution in [3.8, 4) is 0 Å². The number of urea groups is 1. The highest BCUT2D eigenvalue weighted by Crippen LogP contribution is 2.24. The van der Waals surface area contributed by atoms with Gasteiger partial charge >= 0.3 is 6.03 Å². The summed E-state index contributed by atoms with van der Waals surface area (Å²) in [5, 5.41) is 3.12. The van der Waals surface area contributed by atoms with Crippen LogP contribution >= 0.6 is 0 Å². The summed E-state index contributed by atoms with van der Waals surface area (Å²) in [5.74, 6) is 0. The number of anilines is 2. The zero-order valence-electron chi connectivity index (χ0n) is 17.7. The number of benzene rings is 1. The van der Waals surface area contributed by atoms with E-state index in [2.05, 4.69) is 45.5 Å². The van der Waals surface area contributed by atoms with E-state index in [0.29, 0.717) is 0 Å². The number of allylic oxidation sites excluding steroid dienone is 1. The molecule has 2 heterocycles. The van der Waals surface area contributed by atoms with Gasteiger partial charge in [-0.15, -0.1) is 0 Å². The Morgan fingerprint density at radius 2 is 1.45 bits per heavy atom. The Bertz CT molecular complexity index is 685. The number of carbonyl (C=O) groups excluding carboxylic acids is 1. The standard InChI is InChI=1S/C24H36N4O/c29-24(25-14-13-21-7-3-1-4-8-21)28-19-17-27(18-20-28)23-11-9-22(10-12-23)26-15-5-2-6-16-26/h7,9-12H,1-6,8,13-20H2,(H,25,29). The maximum absolute atomic E-state index is 12.5. The molecule has 1 N–H and O–H groups in total. The van der Waals surface area contributed by atoms with Gasteiger partial charge in [0.15, 0.2) is 0 Å². The van der Waals surface area contributed by atoms with Gasteiger partial charge in [0.1, 0.15) is 0 Å². The second-order valence-corrected chi connectivity index (χ2v) is 8.63. The number of rotatable bonds is 5. The Kier molecular flexibility index (Phi) is 6.96. The molecule has 2 amide bonds. The van der Waals surface area contributed by atoms with Crippen LogP contribution in [-0.2, 0) is 0 Å². The lowest BCUT2D eigenvalue weighted by Crippen LogP contribution is -2.52. The van der Waals surface area contributed by atoms with Crippen LogP contribution in [0.2, 0.25) is 0 Å². The fourth-order valence-electron chi connectivity index (χ4n) is 4.77. The Morgan fingerprint density at radius 3 is 2.07 bits per heavy atom. The SMILES string of the molecule is O=C(NCCC1=CCCCC1)N1CCN(c2ccc(N3CCCCC3)cc2)CC1. The fraction of sp³-hybridized carbons (Fsp3) is 0.625. The van der Waals surface area contributed by atoms with Crippen molar-refractivity contribution in [3.63, 3.8) is 0 Å². The number of hydrogen-bond donors (Lipinski definition) is 1. The first-order valence-corrected chi connectivity index (χ1v) is 11.6. The summed E-state index contributed by atoms with van der Waals surface area (Å²) in [6.45, 7) is 6.53. The molecule has 29 heavy (non-hydrogen) atoms. The predicted molar refractivity (Wildman–Crippen MR) is 121 cm³/mol. The second-order valence-electron chi connectivity index (χ2n) is 8.63. The topological polar surface area (TPSA) is 38.8 Å². The number of hydrogen-bond acceptors (Lipinski definition) is 3. The van der Waals surface area contributed by atoms with Crippen molar-refractivity contribution in [2.45, 2.75) is 51.4 Å². The highest BCUT2D eigenvalue weighted by atomic mass is 16.2. The van der Waals surface area contributed by atoms with Crippen LogP contribution in [0.3, 0.4) is 0 Å². The van der Waals surface area contributed by atoms with Gasteiger partial charge in [0.2, 0.25) is 0 Å². The molecule has 0 bridgehead atoms. The minimum atomic E-state index is 0.0986. The Morgan fingerprint density at radius 1 is 0.793 bits per heavy atom. The molecule has 2 fully saturated rings. The van der Waals surface area contributed by atoms with Gasteiger partial charge in [-0.2, -0.15) is 0 Å². The van der Waals surface area contributed by atoms with Crippen molar-refractivity contribution in [1.82, 2.24) is 10.2 Å². The van der Waals surface area contributed by atoms with Crippen LogP contribution < -0.4 is 15.1 Å². The lowest BCUT2D eigenvalue weighted by molar-refractivity contribution is 0.194. The van der Waals surface area contributed by atoms with E-state index >= 15 is 0 Å². The summed E-state index contributed by atoms with van der Waals surface area (Å²) >= 11 is 0. The molecule has 0 aromatic heterocycles. The minimum Gasteiger partial charge on any atom is -0.372 e. The molecule has 1 aromatic carbocycles. The molecule has 1 aromatic rings. The highest BCUT2D eigenvalue weighted by Gasteiger charge is 2.21. The first-order valence-electron chi connectivity index (χ1n) is 11.6. The van der Waals surface area contributed by atoms with E-state index in [1.165, 1.54) is 75.0 Å². The van der Waals surface area contributed by atoms with E-state index in [4.69, 9.17) is 0 Å². The van der Waals surface area contributed by atoms with Crippen molar-refractivity contribution in [3.05, 3.63) is 35.9 Å². The molecule has 2 aliphatic heterocycles. The molecule has 3 aliphatic rings. The quantitative estimate of drug-likeness (QED) is 0.750. The zero-order chi connectivity index (χ0) is 19.9. The molecule has 0 atom stereocenters. The molecule has 0 saturated carbocycles. The van der Waals surface area contributed by atoms with Gasteiger partial charge in [0.05, 0.1) is 0 Å². The van der Waals surface area contributed by atoms with Gasteiger partial charge in [-0.05, 0) is 75.6 Å². The van der Waals surface area contributed by atoms with E-state index in [1.54, 1.807) is 0 Å². The van der Waals surface area contributed by atoms with E-state index in [0.717, 1.165) is 39.1 Å². The third-order valence-electron chi connectivity index (χ3n) is 6.61. The molecule has 158 valence electrons. The van der Waals surface area contributed by atoms with E-state index in [-0.39, 0.29) is 6.03 Å². The summed E-state index contributed by atoms with van der Waals surface area (Å²) in [6, 6.07) is 9.12. The number of piperidine rings is 1. The number of piperazine rings is 1. The number of nitrogens with one attached hydrogen (secondary N) is 1. The molecular formula is C24H36N4O. The van der Waals surface area contributed by atoms with E-state index in [1.807, 2.05) is 4.90 Å². The third kappa shape index (κ3) is 5.46. The van der Waals surface area contributed by atoms with Crippen LogP contribution in [0.4, 0.5) is 16.2 Å². The Labute approximate surface area is 175 Å². The second kappa shape index (κ2) is 10.0. The smallest absolute Gasteiger partial charge is 0.317 e. The van der Waals surface area contributed by atoms with Gasteiger partial charge in [-0.3, -0.25) is 0 Å². The van der Waals surface area contributed by atoms with Crippen LogP contribution in [0.5, 0.6) is 0 Å². The molecule has 0 unspecified atom stereocenters. The summed E-state index contributed by atoms with van der Waals surface area (Å²) in [7, 11) is 0. The van der Waals surface area contributed by atoms with Crippen molar-refractivity contribution >= 4 is 17.4 Å². The van der Waals surface area contributed by atoms with Gasteiger partial charge in [0.25, 0.3) is 0 Å². The molecular weight excluding hydrogens is 360 g/mol. The number of nitrogens with zero attached hydrogens (tertiary/aromatic N) is 3. The van der Waals surface area contributed by atoms with Gasteiger partial charge in [0, 0.05) is 57.2 Å². The monoisotopic (exact) mass is 396 g/mol. The van der Waals surface area contributed by atoms with Gasteiger partial charge < -0.3 is 20.0 Å². The summed E-state index contributed by atoms with van der Waals surface area (Å²) in [6.07, 6.45) is 12.4. The zero-order valence-corrected chi connectivity index (χ0v) is 17.7. The van der Waals surface area contributed by atoms with Gasteiger partial charge in [-0.25, -0.2) is 4.79 Å². The van der Waals surface area contributed by atoms with Crippen LogP contribution in [0.25, 0.3) is 0 Å². The lowest BCUT2D eigenvalue weighted by atomic mass is 9.97. The first kappa shape index (κ1) is 20.1. The maximum atomic E-state index is 12.5. The van der Waals surface area contributed by atoms with E-state index < -0.39 is 0 Å². The third-order valence-corrected chi connectivity index (χ3v) is 6.61. The fourth-order valence-corrected chi connectivity index (χ4v) is 4.77. The predicted octanol–water partition coefficient (Wildman–Crippen LogP) is 4.40. The van der Waals surface area contributed by atoms with Crippen molar-refractivity contribution in [2.75, 3.05) is 55.6 Å². The van der Waals surface area contributed by atoms with Crippen molar-refractivity contribution in [1.29, 1.82) is 0 Å². The molecule has 5 heteroatoms. The molecule has 2 saturated heterocycles. The van der Waals surface area contributed by atoms with Crippen LogP contribution in [0, 0.1) is 0 Å². The average molecular weight is 397 g/mol. The highest BCUT2D eigenvalue weighted by molar-refractivity contribution is 5.74. The maximum Gasteiger partial charge on any atom is 0.317 e. The largest absolute Gasteiger partial charge is 0.372 e. The summed E-state index contributed by atoms with van der Waals surface area (Å²) in [4.78, 5) is 19.3. The molecule has 5 nitrogen and oxygen atoms in total. The van der Waals surface area contributed by atoms with Crippen molar-refractivity contribution < 1.29 is 4.79 Å². The Hall–Kier alpha value is -2.17. The summed E-state index contributed by atoms with van der Waals surface area (Å²) < 4.78 is 0. The average Bonchev–Trinajstić information content (AvgIpc) is 2.80. The Balaban J connectivity index is 1.20. The summed E-state index contributed by atoms with van der Waals surface area (Å²) in [5.41, 5.74) is 4.14. The van der Waals surface area contributed by atoms with E-state index in [9.17, 15) is 4.79 Å². The number of amides is 2. The van der Waals surface area contributed by atoms with Crippen molar-refractivity contribution in [2.24, 2.45) is 0 Å². The molecule has 0 radical (unpaired) electrons. The van der Waals surface area contributed by atoms with Crippen LogP contribution in [0.1, 0.15) is 51.4 Å². The van der Waals surface area contributed by atoms with Crippen LogP contribution in [-0.4, -0.2) is 56.7 Å². The molecule has 1 aliphatic carbocycles.